The highest BCUT2D eigenvalue weighted by Crippen LogP contribution is 2.29. The van der Waals surface area contributed by atoms with Crippen LogP contribution in [0.5, 0.6) is 17.2 Å². The van der Waals surface area contributed by atoms with Gasteiger partial charge in [-0.2, -0.15) is 0 Å². The van der Waals surface area contributed by atoms with Gasteiger partial charge in [-0.1, -0.05) is 11.6 Å². The zero-order chi connectivity index (χ0) is 22.4. The molecule has 1 heterocycles. The van der Waals surface area contributed by atoms with E-state index in [1.807, 2.05) is 4.90 Å². The SMILES string of the molecule is COc1ccc(C(=O)N2CCC(CNC(=O)c3cc(Cl)ccc3OC)CC2)cc1OC. The Kier molecular flexibility index (Phi) is 7.63. The molecular weight excluding hydrogens is 420 g/mol. The number of piperidine rings is 1. The van der Waals surface area contributed by atoms with Crippen LogP contribution >= 0.6 is 11.6 Å². The zero-order valence-corrected chi connectivity index (χ0v) is 18.7. The fraction of sp³-hybridized carbons (Fsp3) is 0.391. The van der Waals surface area contributed by atoms with Gasteiger partial charge in [0.25, 0.3) is 11.8 Å². The number of rotatable bonds is 7. The molecule has 7 nitrogen and oxygen atoms in total. The monoisotopic (exact) mass is 446 g/mol. The summed E-state index contributed by atoms with van der Waals surface area (Å²) in [5.74, 6) is 1.64. The summed E-state index contributed by atoms with van der Waals surface area (Å²) in [4.78, 5) is 27.2. The molecule has 0 aromatic heterocycles. The zero-order valence-electron chi connectivity index (χ0n) is 17.9. The molecule has 1 N–H and O–H groups in total. The van der Waals surface area contributed by atoms with Gasteiger partial charge in [0.2, 0.25) is 0 Å². The van der Waals surface area contributed by atoms with Crippen molar-refractivity contribution in [2.45, 2.75) is 12.8 Å². The molecule has 8 heteroatoms. The predicted octanol–water partition coefficient (Wildman–Crippen LogP) is 3.65. The molecule has 166 valence electrons. The number of carbonyl (C=O) groups excluding carboxylic acids is 2. The number of ether oxygens (including phenoxy) is 3. The van der Waals surface area contributed by atoms with Gasteiger partial charge in [-0.15, -0.1) is 0 Å². The van der Waals surface area contributed by atoms with E-state index >= 15 is 0 Å². The van der Waals surface area contributed by atoms with Gasteiger partial charge >= 0.3 is 0 Å². The van der Waals surface area contributed by atoms with Gasteiger partial charge < -0.3 is 24.4 Å². The first kappa shape index (κ1) is 22.7. The molecule has 2 aromatic rings. The number of nitrogens with zero attached hydrogens (tertiary/aromatic N) is 1. The average molecular weight is 447 g/mol. The van der Waals surface area contributed by atoms with Crippen LogP contribution in [0.3, 0.4) is 0 Å². The number of carbonyl (C=O) groups is 2. The summed E-state index contributed by atoms with van der Waals surface area (Å²) in [6, 6.07) is 10.1. The van der Waals surface area contributed by atoms with E-state index < -0.39 is 0 Å². The summed E-state index contributed by atoms with van der Waals surface area (Å²) in [6.45, 7) is 1.80. The molecule has 3 rings (SSSR count). The van der Waals surface area contributed by atoms with Crippen molar-refractivity contribution in [3.8, 4) is 17.2 Å². The first-order valence-electron chi connectivity index (χ1n) is 10.1. The largest absolute Gasteiger partial charge is 0.496 e. The fourth-order valence-corrected chi connectivity index (χ4v) is 3.85. The van der Waals surface area contributed by atoms with E-state index in [4.69, 9.17) is 25.8 Å². The van der Waals surface area contributed by atoms with Gasteiger partial charge in [0.05, 0.1) is 26.9 Å². The van der Waals surface area contributed by atoms with E-state index in [2.05, 4.69) is 5.32 Å². The molecule has 31 heavy (non-hydrogen) atoms. The van der Waals surface area contributed by atoms with Gasteiger partial charge in [0.1, 0.15) is 5.75 Å². The van der Waals surface area contributed by atoms with Crippen molar-refractivity contribution in [2.24, 2.45) is 5.92 Å². The molecule has 1 aliphatic rings. The Morgan fingerprint density at radius 2 is 1.61 bits per heavy atom. The van der Waals surface area contributed by atoms with E-state index in [0.717, 1.165) is 12.8 Å². The van der Waals surface area contributed by atoms with Crippen LogP contribution in [0, 0.1) is 5.92 Å². The molecule has 0 bridgehead atoms. The Labute approximate surface area is 187 Å². The second-order valence-electron chi connectivity index (χ2n) is 7.36. The summed E-state index contributed by atoms with van der Waals surface area (Å²) in [6.07, 6.45) is 1.62. The van der Waals surface area contributed by atoms with E-state index in [1.165, 1.54) is 7.11 Å². The number of hydrogen-bond acceptors (Lipinski definition) is 5. The van der Waals surface area contributed by atoms with Crippen molar-refractivity contribution in [1.29, 1.82) is 0 Å². The standard InChI is InChI=1S/C23H27ClN2O5/c1-29-19-7-5-17(24)13-18(19)22(27)25-14-15-8-10-26(11-9-15)23(28)16-4-6-20(30-2)21(12-16)31-3/h4-7,12-13,15H,8-11,14H2,1-3H3,(H,25,27). The molecular formula is C23H27ClN2O5. The first-order valence-corrected chi connectivity index (χ1v) is 10.5. The van der Waals surface area contributed by atoms with Crippen molar-refractivity contribution in [3.05, 3.63) is 52.5 Å². The highest BCUT2D eigenvalue weighted by Gasteiger charge is 2.25. The van der Waals surface area contributed by atoms with Crippen LogP contribution < -0.4 is 19.5 Å². The van der Waals surface area contributed by atoms with Crippen LogP contribution in [0.2, 0.25) is 5.02 Å². The highest BCUT2D eigenvalue weighted by molar-refractivity contribution is 6.31. The quantitative estimate of drug-likeness (QED) is 0.702. The number of benzene rings is 2. The molecule has 2 aromatic carbocycles. The minimum atomic E-state index is -0.219. The third-order valence-corrected chi connectivity index (χ3v) is 5.72. The Balaban J connectivity index is 1.53. The van der Waals surface area contributed by atoms with Crippen molar-refractivity contribution in [2.75, 3.05) is 41.0 Å². The average Bonchev–Trinajstić information content (AvgIpc) is 2.81. The minimum absolute atomic E-state index is 0.0351. The molecule has 0 aliphatic carbocycles. The normalized spacial score (nSPS) is 14.1. The van der Waals surface area contributed by atoms with E-state index in [-0.39, 0.29) is 11.8 Å². The fourth-order valence-electron chi connectivity index (χ4n) is 3.68. The molecule has 1 saturated heterocycles. The van der Waals surface area contributed by atoms with Gasteiger partial charge in [0, 0.05) is 30.2 Å². The van der Waals surface area contributed by atoms with Crippen molar-refractivity contribution in [3.63, 3.8) is 0 Å². The maximum atomic E-state index is 12.9. The number of hydrogen-bond donors (Lipinski definition) is 1. The molecule has 0 atom stereocenters. The number of halogens is 1. The van der Waals surface area contributed by atoms with Crippen LogP contribution in [-0.4, -0.2) is 57.7 Å². The molecule has 2 amide bonds. The Bertz CT molecular complexity index is 942. The van der Waals surface area contributed by atoms with Crippen LogP contribution in [0.25, 0.3) is 0 Å². The lowest BCUT2D eigenvalue weighted by Gasteiger charge is -2.32. The van der Waals surface area contributed by atoms with Crippen molar-refractivity contribution >= 4 is 23.4 Å². The number of nitrogens with one attached hydrogen (secondary N) is 1. The lowest BCUT2D eigenvalue weighted by molar-refractivity contribution is 0.0683. The number of methoxy groups -OCH3 is 3. The number of likely N-dealkylation sites (tertiary alicyclic amines) is 1. The topological polar surface area (TPSA) is 77.1 Å². The van der Waals surface area contributed by atoms with Crippen molar-refractivity contribution < 1.29 is 23.8 Å². The number of amides is 2. The van der Waals surface area contributed by atoms with Gasteiger partial charge in [-0.25, -0.2) is 0 Å². The third-order valence-electron chi connectivity index (χ3n) is 5.49. The van der Waals surface area contributed by atoms with Gasteiger partial charge in [-0.05, 0) is 55.2 Å². The molecule has 0 spiro atoms. The summed E-state index contributed by atoms with van der Waals surface area (Å²) in [7, 11) is 4.63. The Hall–Kier alpha value is -2.93. The molecule has 0 saturated carbocycles. The molecule has 1 fully saturated rings. The van der Waals surface area contributed by atoms with Gasteiger partial charge in [0.15, 0.2) is 11.5 Å². The van der Waals surface area contributed by atoms with E-state index in [9.17, 15) is 9.59 Å². The van der Waals surface area contributed by atoms with Crippen LogP contribution in [0.4, 0.5) is 0 Å². The maximum absolute atomic E-state index is 12.9. The highest BCUT2D eigenvalue weighted by atomic mass is 35.5. The summed E-state index contributed by atoms with van der Waals surface area (Å²) in [5.41, 5.74) is 0.980. The predicted molar refractivity (Wildman–Crippen MR) is 119 cm³/mol. The van der Waals surface area contributed by atoms with E-state index in [0.29, 0.717) is 59.0 Å². The van der Waals surface area contributed by atoms with Crippen LogP contribution in [0.1, 0.15) is 33.6 Å². The summed E-state index contributed by atoms with van der Waals surface area (Å²) in [5, 5.41) is 3.44. The summed E-state index contributed by atoms with van der Waals surface area (Å²) < 4.78 is 15.8. The lowest BCUT2D eigenvalue weighted by Crippen LogP contribution is -2.41. The smallest absolute Gasteiger partial charge is 0.255 e. The van der Waals surface area contributed by atoms with Crippen molar-refractivity contribution in [1.82, 2.24) is 10.2 Å². The minimum Gasteiger partial charge on any atom is -0.496 e. The molecule has 1 aliphatic heterocycles. The first-order chi connectivity index (χ1) is 15.0. The molecule has 0 radical (unpaired) electrons. The Morgan fingerprint density at radius 1 is 0.968 bits per heavy atom. The second-order valence-corrected chi connectivity index (χ2v) is 7.80. The Morgan fingerprint density at radius 3 is 2.26 bits per heavy atom. The molecule has 0 unspecified atom stereocenters. The van der Waals surface area contributed by atoms with Crippen LogP contribution in [-0.2, 0) is 0 Å². The second kappa shape index (κ2) is 10.4. The maximum Gasteiger partial charge on any atom is 0.255 e. The van der Waals surface area contributed by atoms with Crippen LogP contribution in [0.15, 0.2) is 36.4 Å². The third kappa shape index (κ3) is 5.41. The lowest BCUT2D eigenvalue weighted by atomic mass is 9.96. The van der Waals surface area contributed by atoms with Gasteiger partial charge in [-0.3, -0.25) is 9.59 Å². The van der Waals surface area contributed by atoms with E-state index in [1.54, 1.807) is 50.6 Å². The summed E-state index contributed by atoms with van der Waals surface area (Å²) >= 11 is 6.01.